The van der Waals surface area contributed by atoms with Crippen molar-refractivity contribution in [3.05, 3.63) is 86.5 Å². The van der Waals surface area contributed by atoms with Crippen molar-refractivity contribution in [1.29, 1.82) is 5.26 Å². The summed E-state index contributed by atoms with van der Waals surface area (Å²) in [5.41, 5.74) is 10.6. The first-order chi connectivity index (χ1) is 14.6. The Hall–Kier alpha value is -2.91. The third-order valence-electron chi connectivity index (χ3n) is 5.98. The molecule has 4 rings (SSSR count). The number of anilines is 1. The number of benzene rings is 2. The fourth-order valence-corrected chi connectivity index (χ4v) is 5.12. The molecule has 1 aliphatic heterocycles. The maximum absolute atomic E-state index is 13.6. The Balaban J connectivity index is 2.01. The molecule has 0 radical (unpaired) electrons. The number of hydrogen-bond donors (Lipinski definition) is 1. The first-order valence-electron chi connectivity index (χ1n) is 10.1. The van der Waals surface area contributed by atoms with Crippen LogP contribution in [-0.4, -0.2) is 5.78 Å². The fraction of sp³-hybridized carbons (Fsp3) is 0.280. The molecule has 0 amide bonds. The molecule has 0 bridgehead atoms. The Bertz CT molecular complexity index is 1190. The van der Waals surface area contributed by atoms with Gasteiger partial charge in [0, 0.05) is 22.2 Å². The number of aryl methyl sites for hydroxylation is 1. The molecule has 2 aromatic carbocycles. The van der Waals surface area contributed by atoms with Crippen LogP contribution in [0.3, 0.4) is 0 Å². The minimum atomic E-state index is -0.601. The molecule has 2 aliphatic rings. The van der Waals surface area contributed by atoms with E-state index in [0.717, 1.165) is 21.4 Å². The average molecular weight is 480 g/mol. The summed E-state index contributed by atoms with van der Waals surface area (Å²) in [7, 11) is 0. The number of ketones is 1. The van der Waals surface area contributed by atoms with Crippen LogP contribution in [0.15, 0.2) is 69.6 Å². The number of carbonyl (C=O) groups excluding carboxylic acids is 1. The van der Waals surface area contributed by atoms with Crippen LogP contribution in [-0.2, 0) is 4.79 Å². The van der Waals surface area contributed by atoms with E-state index in [1.165, 1.54) is 12.1 Å². The van der Waals surface area contributed by atoms with Crippen LogP contribution >= 0.6 is 15.9 Å². The number of rotatable bonds is 2. The van der Waals surface area contributed by atoms with Gasteiger partial charge in [-0.3, -0.25) is 9.69 Å². The van der Waals surface area contributed by atoms with E-state index in [4.69, 9.17) is 5.73 Å². The number of allylic oxidation sites excluding steroid dienone is 3. The molecule has 0 fully saturated rings. The lowest BCUT2D eigenvalue weighted by atomic mass is 9.68. The molecule has 1 heterocycles. The predicted octanol–water partition coefficient (Wildman–Crippen LogP) is 5.84. The minimum absolute atomic E-state index is 0.000546. The van der Waals surface area contributed by atoms with E-state index >= 15 is 0 Å². The van der Waals surface area contributed by atoms with Crippen molar-refractivity contribution >= 4 is 27.4 Å². The molecule has 2 aromatic rings. The molecule has 0 spiro atoms. The van der Waals surface area contributed by atoms with Crippen LogP contribution in [0.4, 0.5) is 10.1 Å². The zero-order chi connectivity index (χ0) is 22.5. The third-order valence-corrected chi connectivity index (χ3v) is 6.48. The zero-order valence-electron chi connectivity index (χ0n) is 17.7. The second-order valence-electron chi connectivity index (χ2n) is 8.96. The van der Waals surface area contributed by atoms with E-state index < -0.39 is 5.92 Å². The lowest BCUT2D eigenvalue weighted by molar-refractivity contribution is -0.118. The average Bonchev–Trinajstić information content (AvgIpc) is 2.68. The smallest absolute Gasteiger partial charge is 0.162 e. The molecule has 2 N–H and O–H groups in total. The lowest BCUT2D eigenvalue weighted by Crippen LogP contribution is -2.42. The van der Waals surface area contributed by atoms with Crippen LogP contribution in [0.2, 0.25) is 0 Å². The maximum atomic E-state index is 13.6. The Kier molecular flexibility index (Phi) is 5.26. The van der Waals surface area contributed by atoms with Crippen molar-refractivity contribution in [1.82, 2.24) is 0 Å². The van der Waals surface area contributed by atoms with Gasteiger partial charge in [0.1, 0.15) is 11.6 Å². The molecule has 0 aromatic heterocycles. The molecular weight excluding hydrogens is 457 g/mol. The standard InChI is InChI=1S/C25H23BrFN3O/c1-14-10-16(26)6-9-19(14)30-20-11-25(2,3)12-21(31)23(20)22(18(13-28)24(30)29)15-4-7-17(27)8-5-15/h4-10,22H,11-12,29H2,1-3H3. The molecule has 1 atom stereocenters. The van der Waals surface area contributed by atoms with Gasteiger partial charge in [-0.1, -0.05) is 41.9 Å². The van der Waals surface area contributed by atoms with Crippen molar-refractivity contribution in [2.75, 3.05) is 4.90 Å². The van der Waals surface area contributed by atoms with Gasteiger partial charge in [-0.2, -0.15) is 5.26 Å². The van der Waals surface area contributed by atoms with Crippen LogP contribution in [0, 0.1) is 29.5 Å². The summed E-state index contributed by atoms with van der Waals surface area (Å²) >= 11 is 3.49. The van der Waals surface area contributed by atoms with Crippen molar-refractivity contribution in [2.24, 2.45) is 11.1 Å². The van der Waals surface area contributed by atoms with Gasteiger partial charge in [-0.05, 0) is 60.2 Å². The molecule has 0 saturated heterocycles. The van der Waals surface area contributed by atoms with Crippen LogP contribution in [0.1, 0.15) is 43.7 Å². The third kappa shape index (κ3) is 3.68. The molecule has 31 heavy (non-hydrogen) atoms. The van der Waals surface area contributed by atoms with Crippen molar-refractivity contribution in [2.45, 2.75) is 39.5 Å². The van der Waals surface area contributed by atoms with Crippen molar-refractivity contribution in [3.63, 3.8) is 0 Å². The highest BCUT2D eigenvalue weighted by molar-refractivity contribution is 9.10. The quantitative estimate of drug-likeness (QED) is 0.587. The number of halogens is 2. The number of hydrogen-bond acceptors (Lipinski definition) is 4. The fourth-order valence-electron chi connectivity index (χ4n) is 4.64. The van der Waals surface area contributed by atoms with Gasteiger partial charge in [0.05, 0.1) is 23.2 Å². The van der Waals surface area contributed by atoms with Gasteiger partial charge in [0.15, 0.2) is 5.78 Å². The minimum Gasteiger partial charge on any atom is -0.384 e. The zero-order valence-corrected chi connectivity index (χ0v) is 19.3. The van der Waals surface area contributed by atoms with Gasteiger partial charge in [0.2, 0.25) is 0 Å². The second-order valence-corrected chi connectivity index (χ2v) is 9.88. The van der Waals surface area contributed by atoms with E-state index in [1.54, 1.807) is 12.1 Å². The van der Waals surface area contributed by atoms with Gasteiger partial charge >= 0.3 is 0 Å². The molecule has 1 aliphatic carbocycles. The summed E-state index contributed by atoms with van der Waals surface area (Å²) in [6.07, 6.45) is 1.02. The predicted molar refractivity (Wildman–Crippen MR) is 122 cm³/mol. The largest absolute Gasteiger partial charge is 0.384 e. The summed E-state index contributed by atoms with van der Waals surface area (Å²) in [6.45, 7) is 6.10. The summed E-state index contributed by atoms with van der Waals surface area (Å²) in [4.78, 5) is 15.3. The van der Waals surface area contributed by atoms with Crippen LogP contribution in [0.5, 0.6) is 0 Å². The Labute approximate surface area is 190 Å². The summed E-state index contributed by atoms with van der Waals surface area (Å²) in [6, 6.07) is 14.0. The first kappa shape index (κ1) is 21.3. The van der Waals surface area contributed by atoms with Crippen molar-refractivity contribution < 1.29 is 9.18 Å². The van der Waals surface area contributed by atoms with Crippen molar-refractivity contribution in [3.8, 4) is 6.07 Å². The normalized spacial score (nSPS) is 20.6. The molecular formula is C25H23BrFN3O. The second kappa shape index (κ2) is 7.65. The van der Waals surface area contributed by atoms with E-state index in [1.807, 2.05) is 30.0 Å². The van der Waals surface area contributed by atoms with Gasteiger partial charge in [-0.15, -0.1) is 0 Å². The molecule has 1 unspecified atom stereocenters. The molecule has 158 valence electrons. The number of nitrogens with zero attached hydrogens (tertiary/aromatic N) is 2. The number of nitrogens with two attached hydrogens (primary N) is 1. The Morgan fingerprint density at radius 2 is 1.87 bits per heavy atom. The Morgan fingerprint density at radius 3 is 2.48 bits per heavy atom. The Morgan fingerprint density at radius 1 is 1.19 bits per heavy atom. The van der Waals surface area contributed by atoms with Gasteiger partial charge in [0.25, 0.3) is 0 Å². The molecule has 4 nitrogen and oxygen atoms in total. The van der Waals surface area contributed by atoms with E-state index in [2.05, 4.69) is 35.8 Å². The number of Topliss-reactive ketones (excluding diaryl/α,β-unsaturated/α-hetero) is 1. The van der Waals surface area contributed by atoms with Crippen LogP contribution < -0.4 is 10.6 Å². The van der Waals surface area contributed by atoms with E-state index in [0.29, 0.717) is 35.4 Å². The summed E-state index contributed by atoms with van der Waals surface area (Å²) in [5.74, 6) is -0.657. The van der Waals surface area contributed by atoms with Crippen LogP contribution in [0.25, 0.3) is 0 Å². The summed E-state index contributed by atoms with van der Waals surface area (Å²) in [5, 5.41) is 10.1. The molecule has 0 saturated carbocycles. The topological polar surface area (TPSA) is 70.1 Å². The highest BCUT2D eigenvalue weighted by atomic mass is 79.9. The monoisotopic (exact) mass is 479 g/mol. The van der Waals surface area contributed by atoms with E-state index in [9.17, 15) is 14.4 Å². The summed E-state index contributed by atoms with van der Waals surface area (Å²) < 4.78 is 14.5. The maximum Gasteiger partial charge on any atom is 0.162 e. The highest BCUT2D eigenvalue weighted by Crippen LogP contribution is 2.50. The SMILES string of the molecule is Cc1cc(Br)ccc1N1C(N)=C(C#N)C(c2ccc(F)cc2)C2=C1CC(C)(C)CC2=O. The van der Waals surface area contributed by atoms with Gasteiger partial charge in [-0.25, -0.2) is 4.39 Å². The number of carbonyl (C=O) groups is 1. The molecule has 6 heteroatoms. The number of nitriles is 1. The first-order valence-corrected chi connectivity index (χ1v) is 10.9. The van der Waals surface area contributed by atoms with E-state index in [-0.39, 0.29) is 17.0 Å². The lowest BCUT2D eigenvalue weighted by Gasteiger charge is -2.44. The highest BCUT2D eigenvalue weighted by Gasteiger charge is 2.44. The van der Waals surface area contributed by atoms with Gasteiger partial charge < -0.3 is 5.73 Å².